The normalized spacial score (nSPS) is 16.5. The van der Waals surface area contributed by atoms with Crippen molar-refractivity contribution in [1.82, 2.24) is 0 Å². The second-order valence-electron chi connectivity index (χ2n) is 6.28. The fourth-order valence-corrected chi connectivity index (χ4v) is 5.18. The maximum atomic E-state index is 12.5. The van der Waals surface area contributed by atoms with Gasteiger partial charge in [-0.05, 0) is 55.2 Å². The standard InChI is InChI=1S/C20H23NO3S2/c1-3-13-7-9-15-16(12-13)26-19(18(15)20(23)24-4-2)21-17(22)10-8-14-6-5-11-25-14/h5-6,8,10-11,13H,3-4,7,9,12H2,1-2H3,(H,21,22)/b10-8+. The number of fused-ring (bicyclic) bond motifs is 1. The van der Waals surface area contributed by atoms with Gasteiger partial charge in [-0.25, -0.2) is 4.79 Å². The van der Waals surface area contributed by atoms with Crippen molar-refractivity contribution in [2.45, 2.75) is 39.5 Å². The predicted octanol–water partition coefficient (Wildman–Crippen LogP) is 5.15. The van der Waals surface area contributed by atoms with Gasteiger partial charge >= 0.3 is 5.97 Å². The molecule has 1 amide bonds. The van der Waals surface area contributed by atoms with Gasteiger partial charge in [0.15, 0.2) is 0 Å². The molecule has 1 N–H and O–H groups in total. The molecule has 0 aliphatic heterocycles. The number of anilines is 1. The molecule has 2 aromatic rings. The maximum Gasteiger partial charge on any atom is 0.341 e. The van der Waals surface area contributed by atoms with E-state index in [9.17, 15) is 9.59 Å². The largest absolute Gasteiger partial charge is 0.462 e. The van der Waals surface area contributed by atoms with E-state index in [1.165, 1.54) is 22.3 Å². The van der Waals surface area contributed by atoms with Gasteiger partial charge < -0.3 is 10.1 Å². The first-order valence-electron chi connectivity index (χ1n) is 8.96. The molecule has 1 unspecified atom stereocenters. The number of hydrogen-bond donors (Lipinski definition) is 1. The van der Waals surface area contributed by atoms with Gasteiger partial charge in [0.05, 0.1) is 12.2 Å². The molecular weight excluding hydrogens is 366 g/mol. The highest BCUT2D eigenvalue weighted by Gasteiger charge is 2.29. The van der Waals surface area contributed by atoms with Gasteiger partial charge in [-0.15, -0.1) is 22.7 Å². The van der Waals surface area contributed by atoms with Crippen molar-refractivity contribution in [2.75, 3.05) is 11.9 Å². The maximum absolute atomic E-state index is 12.5. The van der Waals surface area contributed by atoms with Crippen LogP contribution in [0, 0.1) is 5.92 Å². The summed E-state index contributed by atoms with van der Waals surface area (Å²) in [5.41, 5.74) is 1.62. The Kier molecular flexibility index (Phi) is 6.27. The summed E-state index contributed by atoms with van der Waals surface area (Å²) in [6.45, 7) is 4.33. The van der Waals surface area contributed by atoms with E-state index in [0.717, 1.165) is 36.1 Å². The molecule has 26 heavy (non-hydrogen) atoms. The number of rotatable bonds is 6. The summed E-state index contributed by atoms with van der Waals surface area (Å²) >= 11 is 3.10. The van der Waals surface area contributed by atoms with Crippen LogP contribution >= 0.6 is 22.7 Å². The average Bonchev–Trinajstić information content (AvgIpc) is 3.26. The quantitative estimate of drug-likeness (QED) is 0.549. The molecule has 6 heteroatoms. The minimum atomic E-state index is -0.336. The van der Waals surface area contributed by atoms with Gasteiger partial charge in [-0.2, -0.15) is 0 Å². The molecule has 1 aliphatic rings. The lowest BCUT2D eigenvalue weighted by Gasteiger charge is -2.20. The lowest BCUT2D eigenvalue weighted by molar-refractivity contribution is -0.111. The van der Waals surface area contributed by atoms with Crippen LogP contribution in [0.25, 0.3) is 6.08 Å². The fraction of sp³-hybridized carbons (Fsp3) is 0.400. The summed E-state index contributed by atoms with van der Waals surface area (Å²) in [5.74, 6) is 0.0885. The van der Waals surface area contributed by atoms with E-state index in [2.05, 4.69) is 12.2 Å². The Morgan fingerprint density at radius 2 is 2.23 bits per heavy atom. The topological polar surface area (TPSA) is 55.4 Å². The van der Waals surface area contributed by atoms with Crippen LogP contribution in [-0.2, 0) is 22.4 Å². The van der Waals surface area contributed by atoms with Crippen molar-refractivity contribution >= 4 is 45.6 Å². The lowest BCUT2D eigenvalue weighted by Crippen LogP contribution is -2.16. The van der Waals surface area contributed by atoms with Crippen molar-refractivity contribution in [3.63, 3.8) is 0 Å². The van der Waals surface area contributed by atoms with E-state index in [1.54, 1.807) is 24.3 Å². The first kappa shape index (κ1) is 18.9. The molecule has 2 aromatic heterocycles. The Labute approximate surface area is 161 Å². The van der Waals surface area contributed by atoms with Gasteiger partial charge in [0.1, 0.15) is 5.00 Å². The minimum absolute atomic E-state index is 0.227. The molecule has 0 radical (unpaired) electrons. The second-order valence-corrected chi connectivity index (χ2v) is 8.37. The Bertz CT molecular complexity index is 805. The molecule has 2 heterocycles. The van der Waals surface area contributed by atoms with Gasteiger partial charge in [0.2, 0.25) is 5.91 Å². The highest BCUT2D eigenvalue weighted by atomic mass is 32.1. The van der Waals surface area contributed by atoms with Crippen molar-refractivity contribution < 1.29 is 14.3 Å². The highest BCUT2D eigenvalue weighted by Crippen LogP contribution is 2.40. The van der Waals surface area contributed by atoms with Crippen molar-refractivity contribution in [2.24, 2.45) is 5.92 Å². The summed E-state index contributed by atoms with van der Waals surface area (Å²) in [6.07, 6.45) is 7.36. The summed E-state index contributed by atoms with van der Waals surface area (Å²) in [6, 6.07) is 3.89. The Morgan fingerprint density at radius 3 is 2.92 bits per heavy atom. The van der Waals surface area contributed by atoms with Crippen LogP contribution in [0.15, 0.2) is 23.6 Å². The summed E-state index contributed by atoms with van der Waals surface area (Å²) in [4.78, 5) is 27.1. The van der Waals surface area contributed by atoms with E-state index in [-0.39, 0.29) is 11.9 Å². The second kappa shape index (κ2) is 8.64. The number of hydrogen-bond acceptors (Lipinski definition) is 5. The van der Waals surface area contributed by atoms with Gasteiger partial charge in [0.25, 0.3) is 0 Å². The van der Waals surface area contributed by atoms with Crippen LogP contribution in [0.2, 0.25) is 0 Å². The molecule has 0 fully saturated rings. The Hall–Kier alpha value is -1.92. The van der Waals surface area contributed by atoms with Gasteiger partial charge in [-0.3, -0.25) is 4.79 Å². The molecule has 4 nitrogen and oxygen atoms in total. The van der Waals surface area contributed by atoms with Crippen LogP contribution in [0.1, 0.15) is 52.4 Å². The number of carbonyl (C=O) groups excluding carboxylic acids is 2. The molecule has 0 bridgehead atoms. The van der Waals surface area contributed by atoms with Crippen molar-refractivity contribution in [3.05, 3.63) is 44.5 Å². The number of ether oxygens (including phenoxy) is 1. The number of esters is 1. The molecule has 0 spiro atoms. The summed E-state index contributed by atoms with van der Waals surface area (Å²) in [5, 5.41) is 5.48. The zero-order valence-corrected chi connectivity index (χ0v) is 16.7. The Balaban J connectivity index is 1.84. The van der Waals surface area contributed by atoms with Crippen LogP contribution in [0.4, 0.5) is 5.00 Å². The van der Waals surface area contributed by atoms with Crippen molar-refractivity contribution in [3.8, 4) is 0 Å². The smallest absolute Gasteiger partial charge is 0.341 e. The molecule has 0 saturated carbocycles. The van der Waals surface area contributed by atoms with Crippen LogP contribution in [-0.4, -0.2) is 18.5 Å². The monoisotopic (exact) mass is 389 g/mol. The van der Waals surface area contributed by atoms with Crippen LogP contribution < -0.4 is 5.32 Å². The van der Waals surface area contributed by atoms with Crippen LogP contribution in [0.3, 0.4) is 0 Å². The first-order chi connectivity index (χ1) is 12.6. The lowest BCUT2D eigenvalue weighted by atomic mass is 9.85. The SMILES string of the molecule is CCOC(=O)c1c(NC(=O)/C=C/c2cccs2)sc2c1CCC(CC)C2. The van der Waals surface area contributed by atoms with E-state index < -0.39 is 0 Å². The summed E-state index contributed by atoms with van der Waals surface area (Å²) < 4.78 is 5.25. The Morgan fingerprint density at radius 1 is 1.38 bits per heavy atom. The third-order valence-electron chi connectivity index (χ3n) is 4.60. The van der Waals surface area contributed by atoms with Crippen LogP contribution in [0.5, 0.6) is 0 Å². The summed E-state index contributed by atoms with van der Waals surface area (Å²) in [7, 11) is 0. The number of carbonyl (C=O) groups is 2. The third kappa shape index (κ3) is 4.24. The number of thiophene rings is 2. The van der Waals surface area contributed by atoms with E-state index in [4.69, 9.17) is 4.74 Å². The highest BCUT2D eigenvalue weighted by molar-refractivity contribution is 7.17. The molecule has 0 saturated heterocycles. The average molecular weight is 390 g/mol. The molecule has 1 aliphatic carbocycles. The molecular formula is C20H23NO3S2. The first-order valence-corrected chi connectivity index (χ1v) is 10.7. The minimum Gasteiger partial charge on any atom is -0.462 e. The molecule has 138 valence electrons. The number of nitrogens with one attached hydrogen (secondary N) is 1. The zero-order valence-electron chi connectivity index (χ0n) is 15.0. The van der Waals surface area contributed by atoms with E-state index in [1.807, 2.05) is 17.5 Å². The zero-order chi connectivity index (χ0) is 18.5. The molecule has 1 atom stereocenters. The van der Waals surface area contributed by atoms with Crippen molar-refractivity contribution in [1.29, 1.82) is 0 Å². The third-order valence-corrected chi connectivity index (χ3v) is 6.61. The number of amides is 1. The molecule has 0 aromatic carbocycles. The van der Waals surface area contributed by atoms with E-state index >= 15 is 0 Å². The fourth-order valence-electron chi connectivity index (χ4n) is 3.21. The van der Waals surface area contributed by atoms with Gasteiger partial charge in [0, 0.05) is 15.8 Å². The predicted molar refractivity (Wildman–Crippen MR) is 108 cm³/mol. The molecule has 3 rings (SSSR count). The van der Waals surface area contributed by atoms with E-state index in [0.29, 0.717) is 23.1 Å². The van der Waals surface area contributed by atoms with Gasteiger partial charge in [-0.1, -0.05) is 19.4 Å².